The van der Waals surface area contributed by atoms with E-state index in [1.807, 2.05) is 0 Å². The third-order valence-corrected chi connectivity index (χ3v) is 1.23. The number of thiocarbonyl (C=S) groups is 1. The lowest BCUT2D eigenvalue weighted by atomic mass is 10.6. The van der Waals surface area contributed by atoms with Crippen LogP contribution >= 0.6 is 12.2 Å². The van der Waals surface area contributed by atoms with Gasteiger partial charge >= 0.3 is 5.97 Å². The minimum Gasteiger partial charge on any atom is -0.468 e. The highest BCUT2D eigenvalue weighted by Gasteiger charge is 1.99. The number of carbonyl (C=O) groups excluding carboxylic acids is 1. The van der Waals surface area contributed by atoms with E-state index in [4.69, 9.17) is 12.2 Å². The van der Waals surface area contributed by atoms with Crippen LogP contribution in [0.5, 0.6) is 0 Å². The van der Waals surface area contributed by atoms with E-state index >= 15 is 0 Å². The van der Waals surface area contributed by atoms with Crippen LogP contribution in [0.3, 0.4) is 0 Å². The lowest BCUT2D eigenvalue weighted by molar-refractivity contribution is -0.346. The number of hydrogen-bond donors (Lipinski definition) is 2. The molecule has 0 saturated heterocycles. The zero-order chi connectivity index (χ0) is 7.98. The molecule has 0 fully saturated rings. The van der Waals surface area contributed by atoms with Crippen molar-refractivity contribution in [1.82, 2.24) is 5.32 Å². The van der Waals surface area contributed by atoms with Gasteiger partial charge in [0.05, 0.1) is 7.11 Å². The van der Waals surface area contributed by atoms with Crippen LogP contribution in [0.25, 0.3) is 0 Å². The fraction of sp³-hybridized carbons (Fsp3) is 0.600. The number of ether oxygens (including phenoxy) is 1. The standard InChI is InChI=1S/C5H10N2O2S/c1-9-5(8)3-7-4(10)2-6/h2-3,6H2,1H3,(H,7,10)/p+1. The summed E-state index contributed by atoms with van der Waals surface area (Å²) in [6, 6.07) is 0. The third kappa shape index (κ3) is 4.22. The second-order valence-corrected chi connectivity index (χ2v) is 2.10. The molecule has 0 rings (SSSR count). The Kier molecular flexibility index (Phi) is 4.78. The second-order valence-electron chi connectivity index (χ2n) is 1.60. The van der Waals surface area contributed by atoms with Crippen molar-refractivity contribution in [3.8, 4) is 0 Å². The summed E-state index contributed by atoms with van der Waals surface area (Å²) in [4.78, 5) is 11.0. The van der Waals surface area contributed by atoms with E-state index in [-0.39, 0.29) is 12.5 Å². The SMILES string of the molecule is COC(=O)CNC(=S)C[NH3+]. The maximum absolute atomic E-state index is 10.5. The highest BCUT2D eigenvalue weighted by atomic mass is 32.1. The fourth-order valence-corrected chi connectivity index (χ4v) is 0.403. The molecule has 0 bridgehead atoms. The molecule has 0 radical (unpaired) electrons. The first kappa shape index (κ1) is 9.32. The summed E-state index contributed by atoms with van der Waals surface area (Å²) < 4.78 is 4.36. The van der Waals surface area contributed by atoms with Crippen LogP contribution in [0.15, 0.2) is 0 Å². The smallest absolute Gasteiger partial charge is 0.325 e. The number of rotatable bonds is 3. The molecule has 4 N–H and O–H groups in total. The molecule has 0 amide bonds. The number of esters is 1. The Morgan fingerprint density at radius 3 is 2.80 bits per heavy atom. The first-order valence-electron chi connectivity index (χ1n) is 2.83. The lowest BCUT2D eigenvalue weighted by Crippen LogP contribution is -2.57. The first-order valence-corrected chi connectivity index (χ1v) is 3.24. The Bertz CT molecular complexity index is 122. The minimum atomic E-state index is -0.323. The number of hydrogen-bond acceptors (Lipinski definition) is 3. The van der Waals surface area contributed by atoms with Crippen LogP contribution in [0, 0.1) is 0 Å². The van der Waals surface area contributed by atoms with Crippen molar-refractivity contribution in [3.63, 3.8) is 0 Å². The molecule has 0 aromatic carbocycles. The molecule has 0 unspecified atom stereocenters. The molecule has 10 heavy (non-hydrogen) atoms. The molecule has 0 heterocycles. The molecule has 0 aliphatic rings. The Morgan fingerprint density at radius 2 is 2.40 bits per heavy atom. The molecular formula is C5H11N2O2S+. The summed E-state index contributed by atoms with van der Waals surface area (Å²) in [5, 5.41) is 2.68. The predicted molar refractivity (Wildman–Crippen MR) is 40.4 cm³/mol. The Morgan fingerprint density at radius 1 is 1.80 bits per heavy atom. The van der Waals surface area contributed by atoms with Crippen LogP contribution in [-0.2, 0) is 9.53 Å². The summed E-state index contributed by atoms with van der Waals surface area (Å²) in [7, 11) is 1.33. The molecule has 0 atom stereocenters. The van der Waals surface area contributed by atoms with E-state index in [1.54, 1.807) is 0 Å². The summed E-state index contributed by atoms with van der Waals surface area (Å²) in [5.41, 5.74) is 3.53. The highest BCUT2D eigenvalue weighted by Crippen LogP contribution is 1.70. The van der Waals surface area contributed by atoms with Crippen LogP contribution in [0.4, 0.5) is 0 Å². The van der Waals surface area contributed by atoms with Gasteiger partial charge in [0.25, 0.3) is 0 Å². The van der Waals surface area contributed by atoms with Gasteiger partial charge in [0.1, 0.15) is 18.1 Å². The van der Waals surface area contributed by atoms with E-state index in [1.165, 1.54) is 7.11 Å². The van der Waals surface area contributed by atoms with Crippen LogP contribution < -0.4 is 11.1 Å². The number of quaternary nitrogens is 1. The van der Waals surface area contributed by atoms with Crippen molar-refractivity contribution in [3.05, 3.63) is 0 Å². The molecule has 0 saturated carbocycles. The molecule has 0 aromatic heterocycles. The maximum Gasteiger partial charge on any atom is 0.325 e. The van der Waals surface area contributed by atoms with Gasteiger partial charge in [-0.2, -0.15) is 0 Å². The average molecular weight is 163 g/mol. The van der Waals surface area contributed by atoms with Crippen molar-refractivity contribution in [2.45, 2.75) is 0 Å². The Hall–Kier alpha value is -0.680. The van der Waals surface area contributed by atoms with Crippen molar-refractivity contribution in [1.29, 1.82) is 0 Å². The molecule has 0 aliphatic carbocycles. The number of methoxy groups -OCH3 is 1. The van der Waals surface area contributed by atoms with Gasteiger partial charge in [-0.15, -0.1) is 0 Å². The molecular weight excluding hydrogens is 152 g/mol. The molecule has 58 valence electrons. The lowest BCUT2D eigenvalue weighted by Gasteiger charge is -2.00. The average Bonchev–Trinajstić information content (AvgIpc) is 1.99. The highest BCUT2D eigenvalue weighted by molar-refractivity contribution is 7.80. The minimum absolute atomic E-state index is 0.130. The van der Waals surface area contributed by atoms with Crippen molar-refractivity contribution in [2.75, 3.05) is 20.2 Å². The molecule has 5 heteroatoms. The zero-order valence-electron chi connectivity index (χ0n) is 5.85. The van der Waals surface area contributed by atoms with Crippen molar-refractivity contribution < 1.29 is 15.3 Å². The van der Waals surface area contributed by atoms with Crippen LogP contribution in [-0.4, -0.2) is 31.2 Å². The number of carbonyl (C=O) groups is 1. The predicted octanol–water partition coefficient (Wildman–Crippen LogP) is -1.68. The summed E-state index contributed by atoms with van der Waals surface area (Å²) >= 11 is 4.74. The van der Waals surface area contributed by atoms with Gasteiger partial charge in [-0.25, -0.2) is 0 Å². The van der Waals surface area contributed by atoms with Crippen molar-refractivity contribution >= 4 is 23.2 Å². The normalized spacial score (nSPS) is 8.60. The van der Waals surface area contributed by atoms with E-state index < -0.39 is 0 Å². The van der Waals surface area contributed by atoms with E-state index in [0.29, 0.717) is 11.5 Å². The van der Waals surface area contributed by atoms with E-state index in [2.05, 4.69) is 15.8 Å². The van der Waals surface area contributed by atoms with Gasteiger partial charge in [-0.3, -0.25) is 4.79 Å². The zero-order valence-corrected chi connectivity index (χ0v) is 6.66. The van der Waals surface area contributed by atoms with Crippen LogP contribution in [0.2, 0.25) is 0 Å². The second kappa shape index (κ2) is 5.13. The largest absolute Gasteiger partial charge is 0.468 e. The molecule has 0 spiro atoms. The van der Waals surface area contributed by atoms with E-state index in [9.17, 15) is 4.79 Å². The van der Waals surface area contributed by atoms with Gasteiger partial charge in [0.15, 0.2) is 0 Å². The van der Waals surface area contributed by atoms with Crippen LogP contribution in [0.1, 0.15) is 0 Å². The van der Waals surface area contributed by atoms with Gasteiger partial charge in [0, 0.05) is 0 Å². The van der Waals surface area contributed by atoms with Crippen molar-refractivity contribution in [2.24, 2.45) is 0 Å². The summed E-state index contributed by atoms with van der Waals surface area (Å²) in [6.45, 7) is 0.636. The Balaban J connectivity index is 3.35. The molecule has 0 aromatic rings. The quantitative estimate of drug-likeness (QED) is 0.385. The fourth-order valence-electron chi connectivity index (χ4n) is 0.331. The van der Waals surface area contributed by atoms with Gasteiger partial charge in [0.2, 0.25) is 0 Å². The first-order chi connectivity index (χ1) is 4.70. The van der Waals surface area contributed by atoms with Gasteiger partial charge in [-0.05, 0) is 0 Å². The third-order valence-electron chi connectivity index (χ3n) is 0.885. The van der Waals surface area contributed by atoms with Gasteiger partial charge in [-0.1, -0.05) is 12.2 Å². The summed E-state index contributed by atoms with van der Waals surface area (Å²) in [6.07, 6.45) is 0. The number of nitrogens with one attached hydrogen (secondary N) is 1. The molecule has 0 aliphatic heterocycles. The molecule has 4 nitrogen and oxygen atoms in total. The topological polar surface area (TPSA) is 66.0 Å². The van der Waals surface area contributed by atoms with E-state index in [0.717, 1.165) is 0 Å². The summed E-state index contributed by atoms with van der Waals surface area (Å²) in [5.74, 6) is -0.323. The monoisotopic (exact) mass is 163 g/mol. The van der Waals surface area contributed by atoms with Gasteiger partial charge < -0.3 is 15.8 Å². The Labute approximate surface area is 64.7 Å². The maximum atomic E-state index is 10.5.